The Morgan fingerprint density at radius 1 is 1.13 bits per heavy atom. The summed E-state index contributed by atoms with van der Waals surface area (Å²) in [4.78, 5) is 4.47. The molecule has 0 bridgehead atoms. The van der Waals surface area contributed by atoms with Gasteiger partial charge in [0, 0.05) is 11.1 Å². The molecule has 0 aliphatic heterocycles. The van der Waals surface area contributed by atoms with Crippen molar-refractivity contribution in [1.82, 2.24) is 10.1 Å². The van der Waals surface area contributed by atoms with E-state index in [1.165, 1.54) is 0 Å². The van der Waals surface area contributed by atoms with Gasteiger partial charge in [-0.15, -0.1) is 0 Å². The van der Waals surface area contributed by atoms with E-state index in [4.69, 9.17) is 20.9 Å². The second kappa shape index (κ2) is 6.42. The van der Waals surface area contributed by atoms with Gasteiger partial charge in [0.1, 0.15) is 5.75 Å². The van der Waals surface area contributed by atoms with Crippen molar-refractivity contribution in [2.24, 2.45) is 0 Å². The van der Waals surface area contributed by atoms with Crippen LogP contribution >= 0.6 is 11.6 Å². The summed E-state index contributed by atoms with van der Waals surface area (Å²) < 4.78 is 11.0. The van der Waals surface area contributed by atoms with Crippen LogP contribution in [0, 0.1) is 6.92 Å². The molecule has 0 fully saturated rings. The molecule has 0 saturated carbocycles. The fourth-order valence-electron chi connectivity index (χ4n) is 2.25. The van der Waals surface area contributed by atoms with Gasteiger partial charge < -0.3 is 9.26 Å². The van der Waals surface area contributed by atoms with E-state index in [1.54, 1.807) is 6.07 Å². The lowest BCUT2D eigenvalue weighted by molar-refractivity contribution is 0.242. The van der Waals surface area contributed by atoms with Crippen LogP contribution in [0.4, 0.5) is 0 Å². The van der Waals surface area contributed by atoms with Gasteiger partial charge in [0.25, 0.3) is 5.89 Å². The van der Waals surface area contributed by atoms with Crippen LogP contribution in [0.25, 0.3) is 22.8 Å². The Bertz CT molecular complexity index is 827. The Hall–Kier alpha value is -2.33. The van der Waals surface area contributed by atoms with Crippen molar-refractivity contribution in [2.45, 2.75) is 26.9 Å². The fraction of sp³-hybridized carbons (Fsp3) is 0.222. The summed E-state index contributed by atoms with van der Waals surface area (Å²) in [5.41, 5.74) is 2.80. The van der Waals surface area contributed by atoms with E-state index in [1.807, 2.05) is 57.2 Å². The summed E-state index contributed by atoms with van der Waals surface area (Å²) >= 11 is 6.26. The van der Waals surface area contributed by atoms with Gasteiger partial charge in [-0.2, -0.15) is 4.98 Å². The first-order valence-electron chi connectivity index (χ1n) is 7.41. The molecular weight excluding hydrogens is 312 g/mol. The molecule has 5 heteroatoms. The number of halogens is 1. The van der Waals surface area contributed by atoms with E-state index in [0.717, 1.165) is 16.7 Å². The summed E-state index contributed by atoms with van der Waals surface area (Å²) in [7, 11) is 0. The van der Waals surface area contributed by atoms with Crippen LogP contribution in [0.2, 0.25) is 5.02 Å². The van der Waals surface area contributed by atoms with E-state index in [0.29, 0.717) is 22.5 Å². The van der Waals surface area contributed by atoms with Gasteiger partial charge >= 0.3 is 0 Å². The quantitative estimate of drug-likeness (QED) is 0.664. The Morgan fingerprint density at radius 3 is 2.61 bits per heavy atom. The normalized spacial score (nSPS) is 11.0. The SMILES string of the molecule is Cc1ccccc1-c1nc(-c2ccc(OC(C)C)c(Cl)c2)no1. The number of nitrogens with zero attached hydrogens (tertiary/aromatic N) is 2. The molecule has 0 spiro atoms. The lowest BCUT2D eigenvalue weighted by Gasteiger charge is -2.11. The second-order valence-electron chi connectivity index (χ2n) is 5.55. The van der Waals surface area contributed by atoms with Crippen LogP contribution in [0.3, 0.4) is 0 Å². The highest BCUT2D eigenvalue weighted by molar-refractivity contribution is 6.32. The van der Waals surface area contributed by atoms with Crippen molar-refractivity contribution in [3.8, 4) is 28.6 Å². The molecule has 0 saturated heterocycles. The van der Waals surface area contributed by atoms with Crippen LogP contribution in [0.1, 0.15) is 19.4 Å². The Morgan fingerprint density at radius 2 is 1.91 bits per heavy atom. The lowest BCUT2D eigenvalue weighted by Crippen LogP contribution is -2.05. The zero-order valence-electron chi connectivity index (χ0n) is 13.2. The maximum absolute atomic E-state index is 6.26. The third-order valence-electron chi connectivity index (χ3n) is 3.35. The van der Waals surface area contributed by atoms with Gasteiger partial charge in [0.05, 0.1) is 11.1 Å². The first kappa shape index (κ1) is 15.6. The molecule has 23 heavy (non-hydrogen) atoms. The first-order chi connectivity index (χ1) is 11.0. The molecule has 4 nitrogen and oxygen atoms in total. The van der Waals surface area contributed by atoms with E-state index in [9.17, 15) is 0 Å². The molecule has 0 atom stereocenters. The second-order valence-corrected chi connectivity index (χ2v) is 5.96. The monoisotopic (exact) mass is 328 g/mol. The standard InChI is InChI=1S/C18H17ClN2O2/c1-11(2)22-16-9-8-13(10-15(16)19)17-20-18(23-21-17)14-7-5-4-6-12(14)3/h4-11H,1-3H3. The van der Waals surface area contributed by atoms with Crippen molar-refractivity contribution in [3.05, 3.63) is 53.1 Å². The maximum Gasteiger partial charge on any atom is 0.258 e. The van der Waals surface area contributed by atoms with Crippen LogP contribution in [-0.2, 0) is 0 Å². The zero-order chi connectivity index (χ0) is 16.4. The largest absolute Gasteiger partial charge is 0.489 e. The van der Waals surface area contributed by atoms with Crippen LogP contribution in [0.15, 0.2) is 47.0 Å². The number of rotatable bonds is 4. The Balaban J connectivity index is 1.92. The van der Waals surface area contributed by atoms with Gasteiger partial charge in [0.15, 0.2) is 0 Å². The van der Waals surface area contributed by atoms with Crippen molar-refractivity contribution < 1.29 is 9.26 Å². The third kappa shape index (κ3) is 3.37. The molecule has 0 aliphatic carbocycles. The zero-order valence-corrected chi connectivity index (χ0v) is 14.0. The maximum atomic E-state index is 6.26. The van der Waals surface area contributed by atoms with Gasteiger partial charge in [-0.05, 0) is 50.6 Å². The smallest absolute Gasteiger partial charge is 0.258 e. The van der Waals surface area contributed by atoms with E-state index in [2.05, 4.69) is 10.1 Å². The summed E-state index contributed by atoms with van der Waals surface area (Å²) in [5.74, 6) is 1.64. The predicted molar refractivity (Wildman–Crippen MR) is 90.7 cm³/mol. The lowest BCUT2D eigenvalue weighted by atomic mass is 10.1. The fourth-order valence-corrected chi connectivity index (χ4v) is 2.48. The van der Waals surface area contributed by atoms with Gasteiger partial charge in [0.2, 0.25) is 5.82 Å². The molecule has 0 unspecified atom stereocenters. The van der Waals surface area contributed by atoms with Crippen molar-refractivity contribution in [1.29, 1.82) is 0 Å². The number of aryl methyl sites for hydroxylation is 1. The third-order valence-corrected chi connectivity index (χ3v) is 3.65. The van der Waals surface area contributed by atoms with Crippen molar-refractivity contribution >= 4 is 11.6 Å². The van der Waals surface area contributed by atoms with Crippen LogP contribution in [0.5, 0.6) is 5.75 Å². The minimum Gasteiger partial charge on any atom is -0.489 e. The molecule has 0 N–H and O–H groups in total. The van der Waals surface area contributed by atoms with Crippen molar-refractivity contribution in [2.75, 3.05) is 0 Å². The molecule has 0 radical (unpaired) electrons. The first-order valence-corrected chi connectivity index (χ1v) is 7.78. The highest BCUT2D eigenvalue weighted by atomic mass is 35.5. The molecule has 0 aliphatic rings. The molecule has 3 rings (SSSR count). The molecular formula is C18H17ClN2O2. The highest BCUT2D eigenvalue weighted by Gasteiger charge is 2.14. The topological polar surface area (TPSA) is 48.2 Å². The molecule has 0 amide bonds. The molecule has 2 aromatic carbocycles. The van der Waals surface area contributed by atoms with Gasteiger partial charge in [-0.1, -0.05) is 35.0 Å². The Labute approximate surface area is 140 Å². The molecule has 118 valence electrons. The molecule has 3 aromatic rings. The van der Waals surface area contributed by atoms with Gasteiger partial charge in [-0.25, -0.2) is 0 Å². The summed E-state index contributed by atoms with van der Waals surface area (Å²) in [6, 6.07) is 13.4. The Kier molecular flexibility index (Phi) is 4.35. The predicted octanol–water partition coefficient (Wildman–Crippen LogP) is 5.15. The van der Waals surface area contributed by atoms with Crippen molar-refractivity contribution in [3.63, 3.8) is 0 Å². The summed E-state index contributed by atoms with van der Waals surface area (Å²) in [5, 5.41) is 4.58. The van der Waals surface area contributed by atoms with E-state index >= 15 is 0 Å². The van der Waals surface area contributed by atoms with E-state index in [-0.39, 0.29) is 6.10 Å². The number of hydrogen-bond donors (Lipinski definition) is 0. The summed E-state index contributed by atoms with van der Waals surface area (Å²) in [6.45, 7) is 5.92. The number of ether oxygens (including phenoxy) is 1. The number of benzene rings is 2. The average Bonchev–Trinajstić information content (AvgIpc) is 2.99. The number of hydrogen-bond acceptors (Lipinski definition) is 4. The highest BCUT2D eigenvalue weighted by Crippen LogP contribution is 2.31. The van der Waals surface area contributed by atoms with Gasteiger partial charge in [-0.3, -0.25) is 0 Å². The van der Waals surface area contributed by atoms with Crippen LogP contribution in [-0.4, -0.2) is 16.2 Å². The average molecular weight is 329 g/mol. The minimum absolute atomic E-state index is 0.0659. The molecule has 1 aromatic heterocycles. The van der Waals surface area contributed by atoms with E-state index < -0.39 is 0 Å². The molecule has 1 heterocycles. The minimum atomic E-state index is 0.0659. The van der Waals surface area contributed by atoms with Crippen LogP contribution < -0.4 is 4.74 Å². The summed E-state index contributed by atoms with van der Waals surface area (Å²) in [6.07, 6.45) is 0.0659. The number of aromatic nitrogens is 2.